The molecule has 1 aromatic carbocycles. The van der Waals surface area contributed by atoms with E-state index in [0.717, 1.165) is 5.69 Å². The fraction of sp³-hybridized carbons (Fsp3) is 0.167. The van der Waals surface area contributed by atoms with Crippen molar-refractivity contribution >= 4 is 21.7 Å². The lowest BCUT2D eigenvalue weighted by Gasteiger charge is -2.09. The molecular formula is C12H13BrN4O2. The molecule has 0 aliphatic rings. The SMILES string of the molecule is COc1cc(-c2nc(C)cc(NN)n2)cc(Br)c1O. The van der Waals surface area contributed by atoms with Crippen molar-refractivity contribution in [1.29, 1.82) is 0 Å². The van der Waals surface area contributed by atoms with Crippen LogP contribution in [0, 0.1) is 6.92 Å². The van der Waals surface area contributed by atoms with Crippen molar-refractivity contribution in [3.63, 3.8) is 0 Å². The summed E-state index contributed by atoms with van der Waals surface area (Å²) in [6, 6.07) is 5.11. The van der Waals surface area contributed by atoms with E-state index in [4.69, 9.17) is 10.6 Å². The fourth-order valence-corrected chi connectivity index (χ4v) is 2.07. The third-order valence-corrected chi connectivity index (χ3v) is 3.11. The Morgan fingerprint density at radius 3 is 2.68 bits per heavy atom. The maximum atomic E-state index is 9.78. The summed E-state index contributed by atoms with van der Waals surface area (Å²) in [6.45, 7) is 1.85. The molecule has 0 bridgehead atoms. The molecule has 0 unspecified atom stereocenters. The van der Waals surface area contributed by atoms with Crippen LogP contribution in [-0.2, 0) is 0 Å². The minimum atomic E-state index is 0.0380. The molecular weight excluding hydrogens is 312 g/mol. The predicted octanol–water partition coefficient (Wildman–Crippen LogP) is 2.21. The van der Waals surface area contributed by atoms with E-state index in [1.165, 1.54) is 7.11 Å². The molecule has 0 saturated carbocycles. The lowest BCUT2D eigenvalue weighted by molar-refractivity contribution is 0.372. The standard InChI is InChI=1S/C12H13BrN4O2/c1-6-3-10(17-14)16-12(15-6)7-4-8(13)11(18)9(5-7)19-2/h3-5,18H,14H2,1-2H3,(H,15,16,17). The van der Waals surface area contributed by atoms with Crippen molar-refractivity contribution in [1.82, 2.24) is 9.97 Å². The zero-order chi connectivity index (χ0) is 14.0. The van der Waals surface area contributed by atoms with Gasteiger partial charge in [0.05, 0.1) is 11.6 Å². The maximum Gasteiger partial charge on any atom is 0.172 e. The second kappa shape index (κ2) is 5.41. The number of nitrogen functional groups attached to an aromatic ring is 1. The molecule has 0 spiro atoms. The van der Waals surface area contributed by atoms with Crippen molar-refractivity contribution in [2.75, 3.05) is 12.5 Å². The highest BCUT2D eigenvalue weighted by molar-refractivity contribution is 9.10. The average molecular weight is 325 g/mol. The fourth-order valence-electron chi connectivity index (χ4n) is 1.63. The number of aryl methyl sites for hydroxylation is 1. The summed E-state index contributed by atoms with van der Waals surface area (Å²) in [6.07, 6.45) is 0. The van der Waals surface area contributed by atoms with E-state index < -0.39 is 0 Å². The summed E-state index contributed by atoms with van der Waals surface area (Å²) in [7, 11) is 1.48. The molecule has 0 aliphatic heterocycles. The zero-order valence-corrected chi connectivity index (χ0v) is 12.0. The van der Waals surface area contributed by atoms with Gasteiger partial charge in [0.1, 0.15) is 5.82 Å². The number of phenolic OH excluding ortho intramolecular Hbond substituents is 1. The molecule has 0 aliphatic carbocycles. The van der Waals surface area contributed by atoms with Gasteiger partial charge in [0.2, 0.25) is 0 Å². The first kappa shape index (κ1) is 13.6. The summed E-state index contributed by atoms with van der Waals surface area (Å²) in [5, 5.41) is 9.78. The number of hydrogen-bond acceptors (Lipinski definition) is 6. The number of nitrogens with one attached hydrogen (secondary N) is 1. The van der Waals surface area contributed by atoms with E-state index in [9.17, 15) is 5.11 Å². The van der Waals surface area contributed by atoms with Gasteiger partial charge in [-0.2, -0.15) is 0 Å². The Hall–Kier alpha value is -1.86. The summed E-state index contributed by atoms with van der Waals surface area (Å²) >= 11 is 3.26. The number of halogens is 1. The van der Waals surface area contributed by atoms with Crippen LogP contribution in [0.2, 0.25) is 0 Å². The van der Waals surface area contributed by atoms with Crippen molar-refractivity contribution in [2.24, 2.45) is 5.84 Å². The molecule has 6 nitrogen and oxygen atoms in total. The van der Waals surface area contributed by atoms with E-state index in [-0.39, 0.29) is 5.75 Å². The van der Waals surface area contributed by atoms with Crippen LogP contribution in [-0.4, -0.2) is 22.2 Å². The minimum absolute atomic E-state index is 0.0380. The molecule has 7 heteroatoms. The van der Waals surface area contributed by atoms with Gasteiger partial charge in [0.25, 0.3) is 0 Å². The van der Waals surface area contributed by atoms with E-state index in [1.807, 2.05) is 6.92 Å². The topological polar surface area (TPSA) is 93.3 Å². The van der Waals surface area contributed by atoms with Gasteiger partial charge in [0.15, 0.2) is 17.3 Å². The quantitative estimate of drug-likeness (QED) is 0.592. The highest BCUT2D eigenvalue weighted by Crippen LogP contribution is 2.37. The van der Waals surface area contributed by atoms with Crippen LogP contribution >= 0.6 is 15.9 Å². The number of hydrogen-bond donors (Lipinski definition) is 3. The molecule has 0 amide bonds. The summed E-state index contributed by atoms with van der Waals surface area (Å²) in [4.78, 5) is 8.60. The van der Waals surface area contributed by atoms with Gasteiger partial charge in [-0.05, 0) is 35.0 Å². The third-order valence-electron chi connectivity index (χ3n) is 2.51. The second-order valence-corrected chi connectivity index (χ2v) is 4.73. The predicted molar refractivity (Wildman–Crippen MR) is 75.9 cm³/mol. The van der Waals surface area contributed by atoms with Gasteiger partial charge in [-0.1, -0.05) is 0 Å². The van der Waals surface area contributed by atoms with Crippen LogP contribution in [0.15, 0.2) is 22.7 Å². The van der Waals surface area contributed by atoms with Crippen molar-refractivity contribution in [3.05, 3.63) is 28.4 Å². The molecule has 0 saturated heterocycles. The van der Waals surface area contributed by atoms with Gasteiger partial charge >= 0.3 is 0 Å². The highest BCUT2D eigenvalue weighted by Gasteiger charge is 2.12. The van der Waals surface area contributed by atoms with Crippen LogP contribution in [0.3, 0.4) is 0 Å². The number of ether oxygens (including phenoxy) is 1. The van der Waals surface area contributed by atoms with Crippen LogP contribution in [0.4, 0.5) is 5.82 Å². The third kappa shape index (κ3) is 2.77. The molecule has 100 valence electrons. The number of hydrazine groups is 1. The molecule has 2 aromatic rings. The first-order valence-electron chi connectivity index (χ1n) is 5.44. The van der Waals surface area contributed by atoms with E-state index in [2.05, 4.69) is 31.3 Å². The summed E-state index contributed by atoms with van der Waals surface area (Å²) in [5.41, 5.74) is 3.98. The Bertz CT molecular complexity index is 619. The molecule has 1 heterocycles. The molecule has 2 rings (SSSR count). The number of anilines is 1. The number of benzene rings is 1. The number of aromatic hydroxyl groups is 1. The number of rotatable bonds is 3. The Balaban J connectivity index is 2.58. The monoisotopic (exact) mass is 324 g/mol. The van der Waals surface area contributed by atoms with Crippen LogP contribution < -0.4 is 16.0 Å². The molecule has 19 heavy (non-hydrogen) atoms. The number of aromatic nitrogens is 2. The van der Waals surface area contributed by atoms with Gasteiger partial charge < -0.3 is 15.3 Å². The minimum Gasteiger partial charge on any atom is -0.503 e. The lowest BCUT2D eigenvalue weighted by atomic mass is 10.2. The van der Waals surface area contributed by atoms with Crippen molar-refractivity contribution < 1.29 is 9.84 Å². The average Bonchev–Trinajstić information content (AvgIpc) is 2.40. The van der Waals surface area contributed by atoms with Crippen LogP contribution in [0.25, 0.3) is 11.4 Å². The lowest BCUT2D eigenvalue weighted by Crippen LogP contribution is -2.10. The Kier molecular flexibility index (Phi) is 3.87. The largest absolute Gasteiger partial charge is 0.503 e. The Labute approximate surface area is 118 Å². The smallest absolute Gasteiger partial charge is 0.172 e. The first-order chi connectivity index (χ1) is 9.05. The molecule has 0 atom stereocenters. The number of nitrogens with zero attached hydrogens (tertiary/aromatic N) is 2. The molecule has 4 N–H and O–H groups in total. The van der Waals surface area contributed by atoms with Gasteiger partial charge in [-0.3, -0.25) is 0 Å². The van der Waals surface area contributed by atoms with E-state index >= 15 is 0 Å². The molecule has 0 fully saturated rings. The van der Waals surface area contributed by atoms with E-state index in [0.29, 0.717) is 27.4 Å². The van der Waals surface area contributed by atoms with Crippen molar-refractivity contribution in [2.45, 2.75) is 6.92 Å². The molecule has 0 radical (unpaired) electrons. The van der Waals surface area contributed by atoms with Gasteiger partial charge in [-0.25, -0.2) is 15.8 Å². The first-order valence-corrected chi connectivity index (χ1v) is 6.23. The maximum absolute atomic E-state index is 9.78. The number of methoxy groups -OCH3 is 1. The van der Waals surface area contributed by atoms with Gasteiger partial charge in [-0.15, -0.1) is 0 Å². The highest BCUT2D eigenvalue weighted by atomic mass is 79.9. The second-order valence-electron chi connectivity index (χ2n) is 3.87. The van der Waals surface area contributed by atoms with Gasteiger partial charge in [0, 0.05) is 17.3 Å². The zero-order valence-electron chi connectivity index (χ0n) is 10.4. The number of nitrogens with two attached hydrogens (primary N) is 1. The van der Waals surface area contributed by atoms with Crippen molar-refractivity contribution in [3.8, 4) is 22.9 Å². The van der Waals surface area contributed by atoms with Crippen LogP contribution in [0.1, 0.15) is 5.69 Å². The Morgan fingerprint density at radius 1 is 1.32 bits per heavy atom. The normalized spacial score (nSPS) is 10.3. The number of phenols is 1. The van der Waals surface area contributed by atoms with E-state index in [1.54, 1.807) is 18.2 Å². The molecule has 1 aromatic heterocycles. The summed E-state index contributed by atoms with van der Waals surface area (Å²) in [5.74, 6) is 6.76. The van der Waals surface area contributed by atoms with Crippen LogP contribution in [0.5, 0.6) is 11.5 Å². The summed E-state index contributed by atoms with van der Waals surface area (Å²) < 4.78 is 5.61. The Morgan fingerprint density at radius 2 is 2.05 bits per heavy atom.